The van der Waals surface area contributed by atoms with E-state index >= 15 is 0 Å². The van der Waals surface area contributed by atoms with E-state index in [0.29, 0.717) is 0 Å². The number of hydrogen-bond acceptors (Lipinski definition) is 6. The molecule has 16 heavy (non-hydrogen) atoms. The van der Waals surface area contributed by atoms with Crippen LogP contribution in [0.3, 0.4) is 0 Å². The highest BCUT2D eigenvalue weighted by Gasteiger charge is 2.06. The van der Waals surface area contributed by atoms with Crippen LogP contribution in [0.4, 0.5) is 5.95 Å². The third kappa shape index (κ3) is 2.87. The maximum Gasteiger partial charge on any atom is 0.352 e. The van der Waals surface area contributed by atoms with Crippen molar-refractivity contribution in [2.45, 2.75) is 20.3 Å². The summed E-state index contributed by atoms with van der Waals surface area (Å²) >= 11 is 0. The summed E-state index contributed by atoms with van der Waals surface area (Å²) in [6, 6.07) is 0. The summed E-state index contributed by atoms with van der Waals surface area (Å²) in [6.45, 7) is 3.16. The van der Waals surface area contributed by atoms with Gasteiger partial charge in [-0.15, -0.1) is 10.2 Å². The molecule has 0 saturated heterocycles. The summed E-state index contributed by atoms with van der Waals surface area (Å²) < 4.78 is 0. The standard InChI is InChI=1S/C8H11N5O3/c1-3-5(7(15)16)11-13-8-9-6(14)4(2)10-12-8/h3H2,1-2H3,(H,15,16)(H2,9,12,13,14)/b11-5-. The molecule has 1 aromatic heterocycles. The van der Waals surface area contributed by atoms with Gasteiger partial charge in [-0.2, -0.15) is 5.10 Å². The quantitative estimate of drug-likeness (QED) is 0.479. The zero-order chi connectivity index (χ0) is 12.1. The first kappa shape index (κ1) is 11.8. The first-order valence-electron chi connectivity index (χ1n) is 4.54. The molecular weight excluding hydrogens is 214 g/mol. The second-order valence-electron chi connectivity index (χ2n) is 2.92. The zero-order valence-corrected chi connectivity index (χ0v) is 8.81. The van der Waals surface area contributed by atoms with Crippen molar-refractivity contribution in [2.75, 3.05) is 5.43 Å². The summed E-state index contributed by atoms with van der Waals surface area (Å²) in [4.78, 5) is 24.1. The average Bonchev–Trinajstić information content (AvgIpc) is 2.23. The Morgan fingerprint density at radius 3 is 2.75 bits per heavy atom. The van der Waals surface area contributed by atoms with E-state index in [-0.39, 0.29) is 23.8 Å². The minimum atomic E-state index is -1.13. The van der Waals surface area contributed by atoms with Crippen molar-refractivity contribution >= 4 is 17.6 Å². The smallest absolute Gasteiger partial charge is 0.352 e. The molecule has 0 fully saturated rings. The topological polar surface area (TPSA) is 120 Å². The molecule has 0 saturated carbocycles. The molecule has 0 amide bonds. The molecule has 0 atom stereocenters. The molecule has 8 heteroatoms. The number of hydrogen-bond donors (Lipinski definition) is 3. The third-order valence-corrected chi connectivity index (χ3v) is 1.74. The van der Waals surface area contributed by atoms with Gasteiger partial charge in [-0.1, -0.05) is 6.92 Å². The lowest BCUT2D eigenvalue weighted by atomic mass is 10.3. The van der Waals surface area contributed by atoms with E-state index in [4.69, 9.17) is 5.11 Å². The average molecular weight is 225 g/mol. The summed E-state index contributed by atoms with van der Waals surface area (Å²) in [5.41, 5.74) is 2.08. The van der Waals surface area contributed by atoms with Crippen molar-refractivity contribution < 1.29 is 9.90 Å². The molecule has 1 heterocycles. The fourth-order valence-electron chi connectivity index (χ4n) is 0.842. The molecule has 0 aliphatic heterocycles. The molecule has 0 unspecified atom stereocenters. The highest BCUT2D eigenvalue weighted by Crippen LogP contribution is 1.93. The number of carboxylic acids is 1. The summed E-state index contributed by atoms with van der Waals surface area (Å²) in [5.74, 6) is -1.12. The number of aromatic nitrogens is 3. The van der Waals surface area contributed by atoms with Crippen molar-refractivity contribution in [3.05, 3.63) is 16.0 Å². The molecule has 1 aromatic rings. The Morgan fingerprint density at radius 2 is 2.25 bits per heavy atom. The normalized spacial score (nSPS) is 11.2. The van der Waals surface area contributed by atoms with Crippen LogP contribution >= 0.6 is 0 Å². The van der Waals surface area contributed by atoms with Crippen LogP contribution in [0, 0.1) is 6.92 Å². The number of carboxylic acid groups (broad SMARTS) is 1. The van der Waals surface area contributed by atoms with Gasteiger partial charge in [0, 0.05) is 0 Å². The van der Waals surface area contributed by atoms with Gasteiger partial charge < -0.3 is 5.11 Å². The van der Waals surface area contributed by atoms with Gasteiger partial charge >= 0.3 is 5.97 Å². The second-order valence-corrected chi connectivity index (χ2v) is 2.92. The Kier molecular flexibility index (Phi) is 3.70. The Balaban J connectivity index is 2.85. The molecule has 1 rings (SSSR count). The Labute approximate surface area is 90.4 Å². The van der Waals surface area contributed by atoms with Crippen LogP contribution in [0.1, 0.15) is 19.0 Å². The van der Waals surface area contributed by atoms with Gasteiger partial charge in [0.25, 0.3) is 5.56 Å². The molecule has 0 aliphatic carbocycles. The van der Waals surface area contributed by atoms with Crippen molar-refractivity contribution in [1.82, 2.24) is 15.2 Å². The van der Waals surface area contributed by atoms with Crippen molar-refractivity contribution in [3.63, 3.8) is 0 Å². The summed E-state index contributed by atoms with van der Waals surface area (Å²) in [6.07, 6.45) is 0.256. The fraction of sp³-hybridized carbons (Fsp3) is 0.375. The summed E-state index contributed by atoms with van der Waals surface area (Å²) in [5, 5.41) is 19.4. The number of aromatic amines is 1. The number of carbonyl (C=O) groups is 1. The van der Waals surface area contributed by atoms with E-state index in [2.05, 4.69) is 25.7 Å². The Hall–Kier alpha value is -2.25. The SMILES string of the molecule is CC/C(=N/Nc1nnc(C)c(=O)[nH]1)C(=O)O. The summed E-state index contributed by atoms with van der Waals surface area (Å²) in [7, 11) is 0. The highest BCUT2D eigenvalue weighted by atomic mass is 16.4. The molecule has 0 aromatic carbocycles. The molecule has 86 valence electrons. The van der Waals surface area contributed by atoms with Gasteiger partial charge in [-0.3, -0.25) is 9.78 Å². The number of H-pyrrole nitrogens is 1. The molecule has 0 spiro atoms. The van der Waals surface area contributed by atoms with E-state index in [1.54, 1.807) is 6.92 Å². The van der Waals surface area contributed by atoms with Crippen LogP contribution in [0.15, 0.2) is 9.90 Å². The predicted octanol–water partition coefficient (Wildman–Crippen LogP) is -0.264. The van der Waals surface area contributed by atoms with E-state index in [1.807, 2.05) is 0 Å². The van der Waals surface area contributed by atoms with Gasteiger partial charge in [0.1, 0.15) is 11.4 Å². The first-order chi connectivity index (χ1) is 7.54. The molecule has 3 N–H and O–H groups in total. The Morgan fingerprint density at radius 1 is 1.56 bits per heavy atom. The van der Waals surface area contributed by atoms with Gasteiger partial charge in [-0.25, -0.2) is 10.2 Å². The van der Waals surface area contributed by atoms with Crippen molar-refractivity contribution in [2.24, 2.45) is 5.10 Å². The lowest BCUT2D eigenvalue weighted by Gasteiger charge is -2.00. The highest BCUT2D eigenvalue weighted by molar-refractivity contribution is 6.35. The van der Waals surface area contributed by atoms with E-state index in [0.717, 1.165) is 0 Å². The maximum atomic E-state index is 11.1. The van der Waals surface area contributed by atoms with E-state index in [9.17, 15) is 9.59 Å². The number of rotatable bonds is 4. The van der Waals surface area contributed by atoms with Crippen LogP contribution in [-0.4, -0.2) is 32.0 Å². The van der Waals surface area contributed by atoms with Gasteiger partial charge in [-0.05, 0) is 13.3 Å². The maximum absolute atomic E-state index is 11.1. The van der Waals surface area contributed by atoms with Crippen LogP contribution in [-0.2, 0) is 4.79 Å². The largest absolute Gasteiger partial charge is 0.477 e. The minimum Gasteiger partial charge on any atom is -0.477 e. The molecule has 8 nitrogen and oxygen atoms in total. The third-order valence-electron chi connectivity index (χ3n) is 1.74. The van der Waals surface area contributed by atoms with Crippen LogP contribution in [0.2, 0.25) is 0 Å². The van der Waals surface area contributed by atoms with Crippen molar-refractivity contribution in [3.8, 4) is 0 Å². The predicted molar refractivity (Wildman–Crippen MR) is 56.4 cm³/mol. The Bertz CT molecular complexity index is 479. The van der Waals surface area contributed by atoms with Gasteiger partial charge in [0.2, 0.25) is 5.95 Å². The zero-order valence-electron chi connectivity index (χ0n) is 8.81. The van der Waals surface area contributed by atoms with E-state index < -0.39 is 11.5 Å². The molecular formula is C8H11N5O3. The number of anilines is 1. The van der Waals surface area contributed by atoms with Crippen molar-refractivity contribution in [1.29, 1.82) is 0 Å². The monoisotopic (exact) mass is 225 g/mol. The molecule has 0 bridgehead atoms. The van der Waals surface area contributed by atoms with Gasteiger partial charge in [0.05, 0.1) is 0 Å². The fourth-order valence-corrected chi connectivity index (χ4v) is 0.842. The number of hydrazone groups is 1. The second kappa shape index (κ2) is 5.01. The lowest BCUT2D eigenvalue weighted by Crippen LogP contribution is -2.18. The van der Waals surface area contributed by atoms with Crippen LogP contribution in [0.5, 0.6) is 0 Å². The lowest BCUT2D eigenvalue weighted by molar-refractivity contribution is -0.129. The first-order valence-corrected chi connectivity index (χ1v) is 4.54. The number of aryl methyl sites for hydroxylation is 1. The minimum absolute atomic E-state index is 0.00259. The molecule has 0 radical (unpaired) electrons. The number of nitrogens with zero attached hydrogens (tertiary/aromatic N) is 3. The van der Waals surface area contributed by atoms with Gasteiger partial charge in [0.15, 0.2) is 0 Å². The van der Waals surface area contributed by atoms with E-state index in [1.165, 1.54) is 6.92 Å². The number of nitrogens with one attached hydrogen (secondary N) is 2. The van der Waals surface area contributed by atoms with Crippen LogP contribution in [0.25, 0.3) is 0 Å². The van der Waals surface area contributed by atoms with Crippen LogP contribution < -0.4 is 11.0 Å². The number of aliphatic carboxylic acids is 1. The molecule has 0 aliphatic rings.